The van der Waals surface area contributed by atoms with Crippen molar-refractivity contribution in [3.05, 3.63) is 65.5 Å². The molecule has 2 aromatic rings. The van der Waals surface area contributed by atoms with Gasteiger partial charge in [0, 0.05) is 17.4 Å². The Morgan fingerprint density at radius 2 is 1.83 bits per heavy atom. The fraction of sp³-hybridized carbons (Fsp3) is 0.312. The molecule has 1 aromatic heterocycles. The van der Waals surface area contributed by atoms with Gasteiger partial charge in [-0.3, -0.25) is 4.98 Å². The fourth-order valence-corrected chi connectivity index (χ4v) is 2.15. The van der Waals surface area contributed by atoms with Crippen molar-refractivity contribution in [1.82, 2.24) is 4.98 Å². The number of rotatable bonds is 4. The largest absolute Gasteiger partial charge is 0.321 e. The fourth-order valence-electron chi connectivity index (χ4n) is 2.15. The molecule has 2 rings (SSSR count). The molecule has 0 amide bonds. The molecule has 2 N–H and O–H groups in total. The van der Waals surface area contributed by atoms with Crippen molar-refractivity contribution >= 4 is 0 Å². The Labute approximate surface area is 109 Å². The Balaban J connectivity index is 2.28. The molecular weight excluding hydrogens is 220 g/mol. The summed E-state index contributed by atoms with van der Waals surface area (Å²) in [5.74, 6) is 0. The van der Waals surface area contributed by atoms with Crippen LogP contribution in [0.3, 0.4) is 0 Å². The lowest BCUT2D eigenvalue weighted by Gasteiger charge is -2.28. The van der Waals surface area contributed by atoms with Crippen LogP contribution in [-0.4, -0.2) is 4.98 Å². The van der Waals surface area contributed by atoms with Gasteiger partial charge in [-0.1, -0.05) is 43.3 Å². The lowest BCUT2D eigenvalue weighted by molar-refractivity contribution is 0.423. The van der Waals surface area contributed by atoms with Gasteiger partial charge >= 0.3 is 0 Å². The maximum absolute atomic E-state index is 6.56. The van der Waals surface area contributed by atoms with Crippen molar-refractivity contribution < 1.29 is 0 Å². The van der Waals surface area contributed by atoms with Crippen LogP contribution in [0.4, 0.5) is 0 Å². The summed E-state index contributed by atoms with van der Waals surface area (Å²) in [5, 5.41) is 0. The summed E-state index contributed by atoms with van der Waals surface area (Å²) in [6.45, 7) is 4.12. The van der Waals surface area contributed by atoms with Crippen LogP contribution in [0.2, 0.25) is 0 Å². The van der Waals surface area contributed by atoms with Crippen LogP contribution in [0, 0.1) is 6.92 Å². The van der Waals surface area contributed by atoms with Gasteiger partial charge in [0.25, 0.3) is 0 Å². The molecule has 0 saturated carbocycles. The Morgan fingerprint density at radius 1 is 1.11 bits per heavy atom. The molecule has 1 atom stereocenters. The predicted molar refractivity (Wildman–Crippen MR) is 75.3 cm³/mol. The molecule has 1 aromatic carbocycles. The molecule has 0 spiro atoms. The minimum atomic E-state index is -0.331. The molecule has 2 nitrogen and oxygen atoms in total. The molecule has 0 saturated heterocycles. The molecule has 0 aliphatic carbocycles. The summed E-state index contributed by atoms with van der Waals surface area (Å²) in [4.78, 5) is 4.35. The maximum atomic E-state index is 6.56. The van der Waals surface area contributed by atoms with Gasteiger partial charge in [0.2, 0.25) is 0 Å². The Kier molecular flexibility index (Phi) is 3.78. The number of aryl methyl sites for hydroxylation is 1. The highest BCUT2D eigenvalue weighted by Gasteiger charge is 2.25. The zero-order valence-electron chi connectivity index (χ0n) is 11.1. The van der Waals surface area contributed by atoms with E-state index in [-0.39, 0.29) is 5.54 Å². The van der Waals surface area contributed by atoms with E-state index < -0.39 is 0 Å². The number of aromatic nitrogens is 1. The highest BCUT2D eigenvalue weighted by atomic mass is 14.8. The molecule has 18 heavy (non-hydrogen) atoms. The molecule has 2 heteroatoms. The normalized spacial score (nSPS) is 14.2. The van der Waals surface area contributed by atoms with Crippen molar-refractivity contribution in [2.45, 2.75) is 32.2 Å². The molecule has 0 radical (unpaired) electrons. The lowest BCUT2D eigenvalue weighted by Crippen LogP contribution is -2.38. The minimum Gasteiger partial charge on any atom is -0.321 e. The summed E-state index contributed by atoms with van der Waals surface area (Å²) in [5.41, 5.74) is 9.63. The Morgan fingerprint density at radius 3 is 2.39 bits per heavy atom. The molecule has 0 aliphatic rings. The summed E-state index contributed by atoms with van der Waals surface area (Å²) in [6.07, 6.45) is 3.64. The number of benzene rings is 1. The first kappa shape index (κ1) is 12.8. The Bertz CT molecular complexity index is 490. The smallest absolute Gasteiger partial charge is 0.0463 e. The van der Waals surface area contributed by atoms with Gasteiger partial charge in [0.15, 0.2) is 0 Å². The van der Waals surface area contributed by atoms with Crippen molar-refractivity contribution in [3.8, 4) is 0 Å². The van der Waals surface area contributed by atoms with E-state index >= 15 is 0 Å². The average molecular weight is 240 g/mol. The predicted octanol–water partition coefficient (Wildman–Crippen LogP) is 3.20. The molecule has 0 fully saturated rings. The second kappa shape index (κ2) is 5.32. The molecule has 94 valence electrons. The first-order valence-electron chi connectivity index (χ1n) is 6.40. The first-order chi connectivity index (χ1) is 8.64. The van der Waals surface area contributed by atoms with Crippen LogP contribution in [0.15, 0.2) is 48.7 Å². The van der Waals surface area contributed by atoms with Gasteiger partial charge in [-0.2, -0.15) is 0 Å². The molecule has 1 heterocycles. The van der Waals surface area contributed by atoms with Crippen molar-refractivity contribution in [3.63, 3.8) is 0 Å². The topological polar surface area (TPSA) is 38.9 Å². The third-order valence-electron chi connectivity index (χ3n) is 3.48. The van der Waals surface area contributed by atoms with Gasteiger partial charge < -0.3 is 5.73 Å². The van der Waals surface area contributed by atoms with E-state index in [1.54, 1.807) is 0 Å². The van der Waals surface area contributed by atoms with E-state index in [1.165, 1.54) is 5.56 Å². The highest BCUT2D eigenvalue weighted by molar-refractivity contribution is 5.27. The van der Waals surface area contributed by atoms with E-state index in [4.69, 9.17) is 5.73 Å². The number of pyridine rings is 1. The second-order valence-corrected chi connectivity index (χ2v) is 4.86. The van der Waals surface area contributed by atoms with Crippen LogP contribution in [0.25, 0.3) is 0 Å². The van der Waals surface area contributed by atoms with Gasteiger partial charge in [-0.05, 0) is 37.0 Å². The summed E-state index contributed by atoms with van der Waals surface area (Å²) >= 11 is 0. The third-order valence-corrected chi connectivity index (χ3v) is 3.48. The molecule has 0 aliphatic heterocycles. The van der Waals surface area contributed by atoms with Crippen molar-refractivity contribution in [2.75, 3.05) is 0 Å². The van der Waals surface area contributed by atoms with E-state index in [0.717, 1.165) is 24.1 Å². The summed E-state index contributed by atoms with van der Waals surface area (Å²) in [7, 11) is 0. The summed E-state index contributed by atoms with van der Waals surface area (Å²) in [6, 6.07) is 14.5. The Hall–Kier alpha value is -1.67. The van der Waals surface area contributed by atoms with Crippen LogP contribution in [-0.2, 0) is 12.0 Å². The quantitative estimate of drug-likeness (QED) is 0.891. The number of hydrogen-bond donors (Lipinski definition) is 1. The van der Waals surface area contributed by atoms with Crippen LogP contribution >= 0.6 is 0 Å². The average Bonchev–Trinajstić information content (AvgIpc) is 2.40. The molecular formula is C16H20N2. The van der Waals surface area contributed by atoms with Crippen LogP contribution in [0.5, 0.6) is 0 Å². The number of nitrogens with two attached hydrogens (primary N) is 1. The van der Waals surface area contributed by atoms with Gasteiger partial charge in [-0.15, -0.1) is 0 Å². The monoisotopic (exact) mass is 240 g/mol. The van der Waals surface area contributed by atoms with Crippen LogP contribution < -0.4 is 5.73 Å². The molecule has 0 bridgehead atoms. The SMILES string of the molecule is CCC(N)(Cc1ccccc1)c1ccc(C)nc1. The van der Waals surface area contributed by atoms with Gasteiger partial charge in [-0.25, -0.2) is 0 Å². The number of nitrogens with zero attached hydrogens (tertiary/aromatic N) is 1. The van der Waals surface area contributed by atoms with Crippen LogP contribution in [0.1, 0.15) is 30.2 Å². The van der Waals surface area contributed by atoms with Crippen molar-refractivity contribution in [2.24, 2.45) is 5.73 Å². The standard InChI is InChI=1S/C16H20N2/c1-3-16(17,11-14-7-5-4-6-8-14)15-10-9-13(2)18-12-15/h4-10,12H,3,11,17H2,1-2H3. The zero-order chi connectivity index (χ0) is 13.0. The second-order valence-electron chi connectivity index (χ2n) is 4.86. The maximum Gasteiger partial charge on any atom is 0.0463 e. The number of hydrogen-bond acceptors (Lipinski definition) is 2. The zero-order valence-corrected chi connectivity index (χ0v) is 11.1. The third kappa shape index (κ3) is 2.77. The lowest BCUT2D eigenvalue weighted by atomic mass is 9.83. The summed E-state index contributed by atoms with van der Waals surface area (Å²) < 4.78 is 0. The van der Waals surface area contributed by atoms with Gasteiger partial charge in [0.1, 0.15) is 0 Å². The van der Waals surface area contributed by atoms with E-state index in [1.807, 2.05) is 25.3 Å². The highest BCUT2D eigenvalue weighted by Crippen LogP contribution is 2.26. The van der Waals surface area contributed by atoms with Gasteiger partial charge in [0.05, 0.1) is 0 Å². The molecule has 1 unspecified atom stereocenters. The minimum absolute atomic E-state index is 0.331. The first-order valence-corrected chi connectivity index (χ1v) is 6.40. The van der Waals surface area contributed by atoms with E-state index in [2.05, 4.69) is 42.2 Å². The van der Waals surface area contributed by atoms with E-state index in [9.17, 15) is 0 Å². The van der Waals surface area contributed by atoms with Crippen molar-refractivity contribution in [1.29, 1.82) is 0 Å². The van der Waals surface area contributed by atoms with E-state index in [0.29, 0.717) is 0 Å².